The number of amides is 1. The van der Waals surface area contributed by atoms with E-state index in [1.165, 1.54) is 141 Å². The van der Waals surface area contributed by atoms with Crippen LogP contribution in [0.1, 0.15) is 275 Å². The van der Waals surface area contributed by atoms with Crippen molar-refractivity contribution in [1.82, 2.24) is 5.32 Å². The van der Waals surface area contributed by atoms with Crippen molar-refractivity contribution in [3.8, 4) is 23.0 Å². The number of esters is 1. The second kappa shape index (κ2) is 41.6. The second-order valence-corrected chi connectivity index (χ2v) is 28.9. The molecular formula is C66H115NO11Si. The summed E-state index contributed by atoms with van der Waals surface area (Å²) in [4.78, 5) is 28.8. The first-order valence-electron chi connectivity index (χ1n) is 32.1. The average molecular weight is 1130 g/mol. The summed E-state index contributed by atoms with van der Waals surface area (Å²) in [5.74, 6) is 0.700. The van der Waals surface area contributed by atoms with Crippen molar-refractivity contribution >= 4 is 20.2 Å². The molecule has 1 amide bonds. The van der Waals surface area contributed by atoms with Crippen LogP contribution < -0.4 is 24.3 Å². The molecule has 1 heterocycles. The molecule has 3 N–H and O–H groups in total. The molecule has 1 aliphatic heterocycles. The number of carbonyl (C=O) groups excluding carboxylic acids is 2. The smallest absolute Gasteiger partial charge is 0.338 e. The number of hydrogen-bond acceptors (Lipinski definition) is 11. The molecule has 0 radical (unpaired) electrons. The van der Waals surface area contributed by atoms with E-state index in [0.717, 1.165) is 64.2 Å². The fourth-order valence-corrected chi connectivity index (χ4v) is 10.7. The van der Waals surface area contributed by atoms with Gasteiger partial charge in [-0.2, -0.15) is 0 Å². The van der Waals surface area contributed by atoms with E-state index in [2.05, 4.69) is 66.9 Å². The largest absolute Gasteiger partial charge is 0.490 e. The standard InChI is InChI=1S/C66H115NO11Si/c1-10-14-18-22-26-30-34-38-46-72-55-44-42-53(50-57(55)74-48-40-36-32-28-24-20-16-12-3)63(69)67-60-62(61(68)59(77-65(60)71)52-76-79(8,9)66(5,6)7)78-64(70)54-43-45-56(73-47-39-35-31-27-23-19-15-11-2)58(51-54)75-49-41-37-33-29-25-21-17-13-4/h42-45,50-51,59-62,65,68,71H,10-41,46-49,52H2,1-9H3,(H,67,69)/t59-,60+,61-,62-,65+/m1/s1. The maximum Gasteiger partial charge on any atom is 0.338 e. The molecule has 79 heavy (non-hydrogen) atoms. The molecular weight excluding hydrogens is 1010 g/mol. The molecule has 1 saturated heterocycles. The van der Waals surface area contributed by atoms with Gasteiger partial charge in [0.05, 0.1) is 38.6 Å². The summed E-state index contributed by atoms with van der Waals surface area (Å²) in [6.45, 7) is 21.4. The molecule has 2 aromatic carbocycles. The van der Waals surface area contributed by atoms with Crippen LogP contribution in [0.3, 0.4) is 0 Å². The molecule has 13 heteroatoms. The van der Waals surface area contributed by atoms with Crippen LogP contribution in [0.2, 0.25) is 18.1 Å². The zero-order valence-corrected chi connectivity index (χ0v) is 52.6. The van der Waals surface area contributed by atoms with E-state index in [4.69, 9.17) is 32.8 Å². The number of aliphatic hydroxyl groups is 2. The van der Waals surface area contributed by atoms with Crippen molar-refractivity contribution in [2.24, 2.45) is 0 Å². The first-order chi connectivity index (χ1) is 38.2. The molecule has 5 atom stereocenters. The maximum absolute atomic E-state index is 14.4. The number of hydrogen-bond donors (Lipinski definition) is 3. The predicted molar refractivity (Wildman–Crippen MR) is 326 cm³/mol. The SMILES string of the molecule is CCCCCCCCCCOc1ccc(C(=O)N[C@H]2[C@@H](OC(=O)c3ccc(OCCCCCCCCCC)c(OCCCCCCCCCC)c3)[C@H](O)[C@@H](CO[Si](C)(C)C(C)(C)C)O[C@@H]2O)cc1OCCCCCCCCCC. The minimum absolute atomic E-state index is 0.0506. The normalized spacial score (nSPS) is 17.6. The van der Waals surface area contributed by atoms with Gasteiger partial charge >= 0.3 is 5.97 Å². The van der Waals surface area contributed by atoms with Crippen LogP contribution in [0.4, 0.5) is 0 Å². The van der Waals surface area contributed by atoms with Gasteiger partial charge in [0.15, 0.2) is 43.7 Å². The lowest BCUT2D eigenvalue weighted by Crippen LogP contribution is -2.65. The minimum atomic E-state index is -2.35. The first-order valence-corrected chi connectivity index (χ1v) is 35.0. The Morgan fingerprint density at radius 2 is 0.848 bits per heavy atom. The Morgan fingerprint density at radius 3 is 1.23 bits per heavy atom. The van der Waals surface area contributed by atoms with Gasteiger partial charge in [-0.3, -0.25) is 4.79 Å². The zero-order chi connectivity index (χ0) is 57.6. The third-order valence-corrected chi connectivity index (χ3v) is 20.6. The van der Waals surface area contributed by atoms with E-state index in [9.17, 15) is 19.8 Å². The number of aliphatic hydroxyl groups excluding tert-OH is 2. The average Bonchev–Trinajstić information content (AvgIpc) is 3.52. The number of benzene rings is 2. The fraction of sp³-hybridized carbons (Fsp3) is 0.788. The Hall–Kier alpha value is -3.36. The summed E-state index contributed by atoms with van der Waals surface area (Å²) in [5, 5.41) is 26.6. The minimum Gasteiger partial charge on any atom is -0.490 e. The Balaban J connectivity index is 1.86. The summed E-state index contributed by atoms with van der Waals surface area (Å²) < 4.78 is 44.1. The Bertz CT molecular complexity index is 1890. The van der Waals surface area contributed by atoms with E-state index >= 15 is 0 Å². The predicted octanol–water partition coefficient (Wildman–Crippen LogP) is 17.2. The summed E-state index contributed by atoms with van der Waals surface area (Å²) in [7, 11) is -2.35. The van der Waals surface area contributed by atoms with Gasteiger partial charge in [0.25, 0.3) is 5.91 Å². The monoisotopic (exact) mass is 1130 g/mol. The highest BCUT2D eigenvalue weighted by molar-refractivity contribution is 6.74. The lowest BCUT2D eigenvalue weighted by Gasteiger charge is -2.44. The molecule has 0 bridgehead atoms. The van der Waals surface area contributed by atoms with Gasteiger partial charge in [0.1, 0.15) is 18.2 Å². The van der Waals surface area contributed by atoms with E-state index in [0.29, 0.717) is 49.4 Å². The summed E-state index contributed by atoms with van der Waals surface area (Å²) in [6.07, 6.45) is 32.0. The zero-order valence-electron chi connectivity index (χ0n) is 51.6. The Labute approximate surface area is 482 Å². The number of unbranched alkanes of at least 4 members (excludes halogenated alkanes) is 28. The maximum atomic E-state index is 14.4. The molecule has 0 spiro atoms. The van der Waals surface area contributed by atoms with Crippen molar-refractivity contribution in [2.75, 3.05) is 33.0 Å². The molecule has 0 saturated carbocycles. The Morgan fingerprint density at radius 1 is 0.506 bits per heavy atom. The second-order valence-electron chi connectivity index (χ2n) is 24.1. The summed E-state index contributed by atoms with van der Waals surface area (Å²) in [6, 6.07) is 8.74. The lowest BCUT2D eigenvalue weighted by molar-refractivity contribution is -0.251. The van der Waals surface area contributed by atoms with Crippen molar-refractivity contribution in [1.29, 1.82) is 0 Å². The molecule has 2 aromatic rings. The topological polar surface area (TPSA) is 151 Å². The highest BCUT2D eigenvalue weighted by atomic mass is 28.4. The van der Waals surface area contributed by atoms with Crippen molar-refractivity contribution in [3.05, 3.63) is 47.5 Å². The van der Waals surface area contributed by atoms with Gasteiger partial charge in [-0.15, -0.1) is 0 Å². The van der Waals surface area contributed by atoms with Crippen LogP contribution in [0.25, 0.3) is 0 Å². The van der Waals surface area contributed by atoms with Gasteiger partial charge in [0.2, 0.25) is 0 Å². The molecule has 0 aliphatic carbocycles. The van der Waals surface area contributed by atoms with Gasteiger partial charge < -0.3 is 48.4 Å². The first kappa shape index (κ1) is 69.9. The van der Waals surface area contributed by atoms with E-state index in [1.54, 1.807) is 36.4 Å². The van der Waals surface area contributed by atoms with Gasteiger partial charge in [-0.05, 0) is 80.2 Å². The van der Waals surface area contributed by atoms with Crippen LogP contribution in [0.15, 0.2) is 36.4 Å². The van der Waals surface area contributed by atoms with Crippen molar-refractivity contribution in [2.45, 2.75) is 303 Å². The molecule has 0 unspecified atom stereocenters. The third kappa shape index (κ3) is 28.5. The van der Waals surface area contributed by atoms with Crippen molar-refractivity contribution in [3.63, 3.8) is 0 Å². The van der Waals surface area contributed by atoms with Crippen LogP contribution in [-0.4, -0.2) is 94.1 Å². The molecule has 0 aromatic heterocycles. The van der Waals surface area contributed by atoms with Gasteiger partial charge in [-0.1, -0.05) is 228 Å². The Kier molecular flexibility index (Phi) is 36.8. The fourth-order valence-electron chi connectivity index (χ4n) is 9.72. The highest BCUT2D eigenvalue weighted by Gasteiger charge is 2.49. The number of nitrogens with one attached hydrogen (secondary N) is 1. The van der Waals surface area contributed by atoms with E-state index in [-0.39, 0.29) is 22.8 Å². The molecule has 12 nitrogen and oxygen atoms in total. The number of rotatable bonds is 47. The highest BCUT2D eigenvalue weighted by Crippen LogP contribution is 2.38. The van der Waals surface area contributed by atoms with Gasteiger partial charge in [-0.25, -0.2) is 4.79 Å². The molecule has 454 valence electrons. The number of ether oxygens (including phenoxy) is 6. The summed E-state index contributed by atoms with van der Waals surface area (Å²) in [5.41, 5.74) is 0.430. The van der Waals surface area contributed by atoms with Crippen LogP contribution >= 0.6 is 0 Å². The van der Waals surface area contributed by atoms with Crippen LogP contribution in [-0.2, 0) is 13.9 Å². The lowest BCUT2D eigenvalue weighted by atomic mass is 9.96. The molecule has 1 fully saturated rings. The van der Waals surface area contributed by atoms with Gasteiger partial charge in [0, 0.05) is 5.56 Å². The quantitative estimate of drug-likeness (QED) is 0.0330. The summed E-state index contributed by atoms with van der Waals surface area (Å²) >= 11 is 0. The van der Waals surface area contributed by atoms with Crippen LogP contribution in [0.5, 0.6) is 23.0 Å². The number of carbonyl (C=O) groups is 2. The molecule has 1 aliphatic rings. The van der Waals surface area contributed by atoms with E-state index in [1.807, 2.05) is 0 Å². The van der Waals surface area contributed by atoms with E-state index < -0.39 is 50.8 Å². The van der Waals surface area contributed by atoms with Crippen LogP contribution in [0, 0.1) is 0 Å². The molecule has 3 rings (SSSR count). The van der Waals surface area contributed by atoms with Crippen molar-refractivity contribution < 1.29 is 52.6 Å². The third-order valence-electron chi connectivity index (χ3n) is 16.1.